The first-order chi connectivity index (χ1) is 16.5. The fourth-order valence-corrected chi connectivity index (χ4v) is 4.83. The van der Waals surface area contributed by atoms with Gasteiger partial charge in [-0.1, -0.05) is 35.3 Å². The van der Waals surface area contributed by atoms with Crippen LogP contribution in [-0.4, -0.2) is 37.7 Å². The normalized spacial score (nSPS) is 16.1. The van der Waals surface area contributed by atoms with Crippen molar-refractivity contribution >= 4 is 40.3 Å². The molecule has 1 atom stereocenters. The third-order valence-electron chi connectivity index (χ3n) is 5.98. The summed E-state index contributed by atoms with van der Waals surface area (Å²) in [5.41, 5.74) is 2.63. The Labute approximate surface area is 206 Å². The summed E-state index contributed by atoms with van der Waals surface area (Å²) in [5, 5.41) is 17.0. The van der Waals surface area contributed by atoms with Gasteiger partial charge in [-0.05, 0) is 61.7 Å². The van der Waals surface area contributed by atoms with Crippen LogP contribution in [-0.2, 0) is 13.1 Å². The number of halogens is 3. The lowest BCUT2D eigenvalue weighted by molar-refractivity contribution is 0.341. The molecule has 0 aliphatic carbocycles. The van der Waals surface area contributed by atoms with Crippen molar-refractivity contribution in [2.75, 3.05) is 18.4 Å². The van der Waals surface area contributed by atoms with Gasteiger partial charge < -0.3 is 20.3 Å². The van der Waals surface area contributed by atoms with Crippen molar-refractivity contribution in [2.45, 2.75) is 25.9 Å². The predicted octanol–water partition coefficient (Wildman–Crippen LogP) is 5.26. The smallest absolute Gasteiger partial charge is 0.225 e. The minimum atomic E-state index is -0.670. The van der Waals surface area contributed by atoms with Gasteiger partial charge in [0, 0.05) is 13.1 Å². The van der Waals surface area contributed by atoms with Crippen molar-refractivity contribution in [2.24, 2.45) is 5.92 Å². The lowest BCUT2D eigenvalue weighted by Crippen LogP contribution is -2.32. The topological polar surface area (TPSA) is 87.9 Å². The molecule has 1 aliphatic heterocycles. The number of nitrogens with one attached hydrogen (secondary N) is 2. The number of piperidine rings is 1. The van der Waals surface area contributed by atoms with Gasteiger partial charge in [-0.3, -0.25) is 0 Å². The van der Waals surface area contributed by atoms with Crippen LogP contribution in [0.15, 0.2) is 42.6 Å². The standard InChI is InChI=1S/C24H23Cl2FN6O/c25-16-4-1-5-17(26)21(16)23-31-19-12-30-24(29-11-14-6-7-20(34)18(27)9-14)32-22(19)33(23)13-15-3-2-8-28-10-15/h1,4-7,9,12,15,28,34H,2-3,8,10-11,13H2,(H,29,30,32)/t15-/m1/s1. The molecule has 0 spiro atoms. The number of benzene rings is 2. The number of hydrogen-bond donors (Lipinski definition) is 3. The van der Waals surface area contributed by atoms with Crippen molar-refractivity contribution < 1.29 is 9.50 Å². The van der Waals surface area contributed by atoms with E-state index in [9.17, 15) is 9.50 Å². The van der Waals surface area contributed by atoms with E-state index in [1.54, 1.807) is 30.5 Å². The fraction of sp³-hybridized carbons (Fsp3) is 0.292. The van der Waals surface area contributed by atoms with Gasteiger partial charge in [0.25, 0.3) is 0 Å². The van der Waals surface area contributed by atoms with Crippen LogP contribution in [0.3, 0.4) is 0 Å². The summed E-state index contributed by atoms with van der Waals surface area (Å²) in [6.45, 7) is 2.95. The van der Waals surface area contributed by atoms with Crippen LogP contribution in [0, 0.1) is 11.7 Å². The Morgan fingerprint density at radius 2 is 2.00 bits per heavy atom. The van der Waals surface area contributed by atoms with Gasteiger partial charge in [0.2, 0.25) is 5.95 Å². The van der Waals surface area contributed by atoms with E-state index in [1.165, 1.54) is 12.1 Å². The molecule has 0 radical (unpaired) electrons. The number of hydrogen-bond acceptors (Lipinski definition) is 6. The third-order valence-corrected chi connectivity index (χ3v) is 6.61. The molecule has 2 aromatic heterocycles. The summed E-state index contributed by atoms with van der Waals surface area (Å²) >= 11 is 13.1. The number of aromatic nitrogens is 4. The van der Waals surface area contributed by atoms with Crippen LogP contribution in [0.5, 0.6) is 5.75 Å². The van der Waals surface area contributed by atoms with E-state index < -0.39 is 5.82 Å². The lowest BCUT2D eigenvalue weighted by Gasteiger charge is -2.24. The van der Waals surface area contributed by atoms with Crippen LogP contribution < -0.4 is 10.6 Å². The summed E-state index contributed by atoms with van der Waals surface area (Å²) in [5.74, 6) is 0.408. The molecule has 7 nitrogen and oxygen atoms in total. The quantitative estimate of drug-likeness (QED) is 0.334. The van der Waals surface area contributed by atoms with Crippen LogP contribution >= 0.6 is 23.2 Å². The molecule has 0 unspecified atom stereocenters. The van der Waals surface area contributed by atoms with E-state index in [0.29, 0.717) is 63.1 Å². The molecule has 10 heteroatoms. The van der Waals surface area contributed by atoms with E-state index in [-0.39, 0.29) is 5.75 Å². The Hall–Kier alpha value is -2.94. The van der Waals surface area contributed by atoms with Crippen molar-refractivity contribution in [3.63, 3.8) is 0 Å². The zero-order valence-corrected chi connectivity index (χ0v) is 19.7. The molecule has 4 aromatic rings. The Bertz CT molecular complexity index is 1320. The molecule has 1 fully saturated rings. The molecular weight excluding hydrogens is 478 g/mol. The first-order valence-corrected chi connectivity index (χ1v) is 11.8. The maximum atomic E-state index is 13.7. The number of phenolic OH excluding ortho intramolecular Hbond substituents is 1. The van der Waals surface area contributed by atoms with Gasteiger partial charge in [-0.25, -0.2) is 14.4 Å². The zero-order valence-electron chi connectivity index (χ0n) is 18.2. The number of anilines is 1. The molecule has 1 aliphatic rings. The highest BCUT2D eigenvalue weighted by Gasteiger charge is 2.23. The fourth-order valence-electron chi connectivity index (χ4n) is 4.26. The summed E-state index contributed by atoms with van der Waals surface area (Å²) < 4.78 is 15.7. The molecule has 5 rings (SSSR count). The predicted molar refractivity (Wildman–Crippen MR) is 132 cm³/mol. The minimum absolute atomic E-state index is 0.298. The highest BCUT2D eigenvalue weighted by atomic mass is 35.5. The molecule has 3 N–H and O–H groups in total. The van der Waals surface area contributed by atoms with E-state index >= 15 is 0 Å². The number of rotatable bonds is 6. The van der Waals surface area contributed by atoms with Gasteiger partial charge in [-0.15, -0.1) is 0 Å². The van der Waals surface area contributed by atoms with Crippen molar-refractivity contribution in [1.29, 1.82) is 0 Å². The van der Waals surface area contributed by atoms with Gasteiger partial charge in [0.1, 0.15) is 11.3 Å². The second kappa shape index (κ2) is 9.74. The molecule has 34 heavy (non-hydrogen) atoms. The molecule has 0 bridgehead atoms. The first kappa shape index (κ1) is 22.8. The number of phenols is 1. The van der Waals surface area contributed by atoms with Crippen molar-refractivity contribution in [1.82, 2.24) is 24.8 Å². The highest BCUT2D eigenvalue weighted by Crippen LogP contribution is 2.36. The Balaban J connectivity index is 1.52. The Kier molecular flexibility index (Phi) is 6.54. The first-order valence-electron chi connectivity index (χ1n) is 11.1. The summed E-state index contributed by atoms with van der Waals surface area (Å²) in [4.78, 5) is 13.9. The largest absolute Gasteiger partial charge is 0.505 e. The van der Waals surface area contributed by atoms with E-state index in [4.69, 9.17) is 33.2 Å². The molecule has 3 heterocycles. The second-order valence-electron chi connectivity index (χ2n) is 8.40. The average Bonchev–Trinajstić information content (AvgIpc) is 3.17. The molecule has 0 amide bonds. The highest BCUT2D eigenvalue weighted by molar-refractivity contribution is 6.39. The van der Waals surface area contributed by atoms with E-state index in [0.717, 1.165) is 25.9 Å². The maximum Gasteiger partial charge on any atom is 0.225 e. The number of nitrogens with zero attached hydrogens (tertiary/aromatic N) is 4. The minimum Gasteiger partial charge on any atom is -0.505 e. The van der Waals surface area contributed by atoms with Gasteiger partial charge >= 0.3 is 0 Å². The van der Waals surface area contributed by atoms with Gasteiger partial charge in [0.15, 0.2) is 17.2 Å². The van der Waals surface area contributed by atoms with Crippen LogP contribution in [0.2, 0.25) is 10.0 Å². The Morgan fingerprint density at radius 3 is 2.74 bits per heavy atom. The van der Waals surface area contributed by atoms with Gasteiger partial charge in [0.05, 0.1) is 21.8 Å². The monoisotopic (exact) mass is 500 g/mol. The average molecular weight is 501 g/mol. The Morgan fingerprint density at radius 1 is 1.18 bits per heavy atom. The molecule has 0 saturated carbocycles. The van der Waals surface area contributed by atoms with Crippen molar-refractivity contribution in [3.05, 3.63) is 64.0 Å². The van der Waals surface area contributed by atoms with Crippen LogP contribution in [0.25, 0.3) is 22.6 Å². The third kappa shape index (κ3) is 4.66. The van der Waals surface area contributed by atoms with Crippen LogP contribution in [0.1, 0.15) is 18.4 Å². The van der Waals surface area contributed by atoms with E-state index in [1.807, 2.05) is 0 Å². The second-order valence-corrected chi connectivity index (χ2v) is 9.21. The van der Waals surface area contributed by atoms with Crippen LogP contribution in [0.4, 0.5) is 10.3 Å². The zero-order chi connectivity index (χ0) is 23.7. The number of aromatic hydroxyl groups is 1. The lowest BCUT2D eigenvalue weighted by atomic mass is 9.99. The van der Waals surface area contributed by atoms with Gasteiger partial charge in [-0.2, -0.15) is 4.98 Å². The number of imidazole rings is 1. The molecule has 1 saturated heterocycles. The number of fused-ring (bicyclic) bond motifs is 1. The summed E-state index contributed by atoms with van der Waals surface area (Å²) in [6, 6.07) is 9.64. The molecular formula is C24H23Cl2FN6O. The molecule has 176 valence electrons. The van der Waals surface area contributed by atoms with Crippen molar-refractivity contribution in [3.8, 4) is 17.1 Å². The summed E-state index contributed by atoms with van der Waals surface area (Å²) in [6.07, 6.45) is 3.88. The van der Waals surface area contributed by atoms with E-state index in [2.05, 4.69) is 20.2 Å². The SMILES string of the molecule is Oc1ccc(CNc2ncc3nc(-c4c(Cl)cccc4Cl)n(C[C@@H]4CCCNC4)c3n2)cc1F. The maximum absolute atomic E-state index is 13.7. The summed E-state index contributed by atoms with van der Waals surface area (Å²) in [7, 11) is 0. The molecule has 2 aromatic carbocycles.